The van der Waals surface area contributed by atoms with Gasteiger partial charge in [-0.2, -0.15) is 0 Å². The second-order valence-electron chi connectivity index (χ2n) is 4.74. The SMILES string of the molecule is CC(=O)OCc1nc2cc3c(cc2c(=O)[nH]1)C(=O)CC3. The van der Waals surface area contributed by atoms with Crippen molar-refractivity contribution in [3.63, 3.8) is 0 Å². The van der Waals surface area contributed by atoms with Crippen molar-refractivity contribution in [2.75, 3.05) is 0 Å². The lowest BCUT2D eigenvalue weighted by molar-refractivity contribution is -0.142. The summed E-state index contributed by atoms with van der Waals surface area (Å²) in [6, 6.07) is 3.36. The Labute approximate surface area is 113 Å². The summed E-state index contributed by atoms with van der Waals surface area (Å²) >= 11 is 0. The number of fused-ring (bicyclic) bond motifs is 2. The highest BCUT2D eigenvalue weighted by Gasteiger charge is 2.21. The number of aromatic nitrogens is 2. The Kier molecular flexibility index (Phi) is 2.85. The molecule has 1 aliphatic carbocycles. The number of hydrogen-bond donors (Lipinski definition) is 1. The van der Waals surface area contributed by atoms with Crippen LogP contribution in [0.3, 0.4) is 0 Å². The fourth-order valence-corrected chi connectivity index (χ4v) is 2.37. The van der Waals surface area contributed by atoms with Gasteiger partial charge in [-0.1, -0.05) is 0 Å². The number of rotatable bonds is 2. The van der Waals surface area contributed by atoms with Crippen molar-refractivity contribution >= 4 is 22.7 Å². The van der Waals surface area contributed by atoms with Crippen molar-refractivity contribution in [2.45, 2.75) is 26.4 Å². The van der Waals surface area contributed by atoms with Crippen LogP contribution in [-0.2, 0) is 22.6 Å². The van der Waals surface area contributed by atoms with E-state index >= 15 is 0 Å². The zero-order valence-corrected chi connectivity index (χ0v) is 10.9. The zero-order chi connectivity index (χ0) is 14.3. The molecule has 0 radical (unpaired) electrons. The number of nitrogens with one attached hydrogen (secondary N) is 1. The van der Waals surface area contributed by atoms with E-state index in [4.69, 9.17) is 4.74 Å². The van der Waals surface area contributed by atoms with E-state index in [0.29, 0.717) is 35.1 Å². The average Bonchev–Trinajstić information content (AvgIpc) is 2.76. The van der Waals surface area contributed by atoms with Crippen LogP contribution >= 0.6 is 0 Å². The Morgan fingerprint density at radius 1 is 1.35 bits per heavy atom. The second-order valence-corrected chi connectivity index (χ2v) is 4.74. The Hall–Kier alpha value is -2.50. The minimum atomic E-state index is -0.438. The highest BCUT2D eigenvalue weighted by atomic mass is 16.5. The molecule has 0 amide bonds. The summed E-state index contributed by atoms with van der Waals surface area (Å²) in [7, 11) is 0. The number of esters is 1. The Morgan fingerprint density at radius 2 is 2.15 bits per heavy atom. The smallest absolute Gasteiger partial charge is 0.303 e. The van der Waals surface area contributed by atoms with Crippen LogP contribution < -0.4 is 5.56 Å². The molecule has 0 unspecified atom stereocenters. The summed E-state index contributed by atoms with van der Waals surface area (Å²) in [5, 5.41) is 0.380. The molecule has 1 aliphatic rings. The number of H-pyrrole nitrogens is 1. The Bertz CT molecular complexity index is 792. The number of nitrogens with zero attached hydrogens (tertiary/aromatic N) is 1. The monoisotopic (exact) mass is 272 g/mol. The number of ether oxygens (including phenoxy) is 1. The molecule has 20 heavy (non-hydrogen) atoms. The third-order valence-electron chi connectivity index (χ3n) is 3.31. The van der Waals surface area contributed by atoms with Gasteiger partial charge in [0.1, 0.15) is 12.4 Å². The van der Waals surface area contributed by atoms with Crippen molar-refractivity contribution in [3.05, 3.63) is 39.4 Å². The number of Topliss-reactive ketones (excluding diaryl/α,β-unsaturated/α-hetero) is 1. The standard InChI is InChI=1S/C14H12N2O4/c1-7(17)20-6-13-15-11-4-8-2-3-12(18)9(8)5-10(11)14(19)16-13/h4-5H,2-3,6H2,1H3,(H,15,16,19). The fourth-order valence-electron chi connectivity index (χ4n) is 2.37. The minimum absolute atomic E-state index is 0.0605. The van der Waals surface area contributed by atoms with Gasteiger partial charge >= 0.3 is 5.97 Å². The van der Waals surface area contributed by atoms with Gasteiger partial charge in [-0.3, -0.25) is 14.4 Å². The maximum absolute atomic E-state index is 12.0. The Balaban J connectivity index is 2.10. The van der Waals surface area contributed by atoms with Gasteiger partial charge in [0, 0.05) is 18.9 Å². The van der Waals surface area contributed by atoms with E-state index in [9.17, 15) is 14.4 Å². The molecule has 1 N–H and O–H groups in total. The first-order valence-corrected chi connectivity index (χ1v) is 6.27. The van der Waals surface area contributed by atoms with Crippen LogP contribution in [0.15, 0.2) is 16.9 Å². The van der Waals surface area contributed by atoms with Crippen molar-refractivity contribution in [2.24, 2.45) is 0 Å². The number of aryl methyl sites for hydroxylation is 1. The van der Waals surface area contributed by atoms with Crippen LogP contribution in [0.4, 0.5) is 0 Å². The van der Waals surface area contributed by atoms with E-state index in [2.05, 4.69) is 9.97 Å². The van der Waals surface area contributed by atoms with Crippen molar-refractivity contribution < 1.29 is 14.3 Å². The van der Waals surface area contributed by atoms with Gasteiger partial charge in [-0.05, 0) is 24.1 Å². The average molecular weight is 272 g/mol. The number of carbonyl (C=O) groups is 2. The zero-order valence-electron chi connectivity index (χ0n) is 10.9. The van der Waals surface area contributed by atoms with E-state index in [1.807, 2.05) is 0 Å². The molecule has 0 bridgehead atoms. The molecule has 0 saturated carbocycles. The fraction of sp³-hybridized carbons (Fsp3) is 0.286. The first kappa shape index (κ1) is 12.5. The van der Waals surface area contributed by atoms with Gasteiger partial charge in [0.05, 0.1) is 10.9 Å². The molecule has 2 aromatic rings. The van der Waals surface area contributed by atoms with Crippen LogP contribution in [-0.4, -0.2) is 21.7 Å². The highest BCUT2D eigenvalue weighted by molar-refractivity contribution is 6.03. The van der Waals surface area contributed by atoms with Crippen LogP contribution in [0.25, 0.3) is 10.9 Å². The summed E-state index contributed by atoms with van der Waals surface area (Å²) < 4.78 is 4.82. The van der Waals surface area contributed by atoms with E-state index in [-0.39, 0.29) is 17.9 Å². The van der Waals surface area contributed by atoms with Gasteiger partial charge in [-0.15, -0.1) is 0 Å². The van der Waals surface area contributed by atoms with Crippen LogP contribution in [0.2, 0.25) is 0 Å². The highest BCUT2D eigenvalue weighted by Crippen LogP contribution is 2.25. The Morgan fingerprint density at radius 3 is 2.90 bits per heavy atom. The summed E-state index contributed by atoms with van der Waals surface area (Å²) in [5.74, 6) is -0.0837. The molecular formula is C14H12N2O4. The first-order valence-electron chi connectivity index (χ1n) is 6.27. The molecule has 0 atom stereocenters. The van der Waals surface area contributed by atoms with E-state index in [1.165, 1.54) is 6.92 Å². The van der Waals surface area contributed by atoms with Crippen LogP contribution in [0.1, 0.15) is 35.1 Å². The molecule has 102 valence electrons. The topological polar surface area (TPSA) is 89.1 Å². The molecular weight excluding hydrogens is 260 g/mol. The number of benzene rings is 1. The predicted octanol–water partition coefficient (Wildman–Crippen LogP) is 1.12. The molecule has 0 saturated heterocycles. The third-order valence-corrected chi connectivity index (χ3v) is 3.31. The summed E-state index contributed by atoms with van der Waals surface area (Å²) in [6.45, 7) is 1.22. The van der Waals surface area contributed by atoms with Crippen molar-refractivity contribution in [1.82, 2.24) is 9.97 Å². The predicted molar refractivity (Wildman–Crippen MR) is 70.5 cm³/mol. The van der Waals surface area contributed by atoms with Gasteiger partial charge in [0.15, 0.2) is 5.78 Å². The quantitative estimate of drug-likeness (QED) is 0.827. The van der Waals surface area contributed by atoms with Gasteiger partial charge < -0.3 is 9.72 Å². The summed E-state index contributed by atoms with van der Waals surface area (Å²) in [4.78, 5) is 41.3. The lowest BCUT2D eigenvalue weighted by atomic mass is 10.1. The normalized spacial score (nSPS) is 13.6. The lowest BCUT2D eigenvalue weighted by Gasteiger charge is -2.05. The lowest BCUT2D eigenvalue weighted by Crippen LogP contribution is -2.14. The molecule has 6 heteroatoms. The summed E-state index contributed by atoms with van der Waals surface area (Å²) in [6.07, 6.45) is 1.15. The maximum atomic E-state index is 12.0. The molecule has 3 rings (SSSR count). The molecule has 6 nitrogen and oxygen atoms in total. The van der Waals surface area contributed by atoms with Gasteiger partial charge in [0.2, 0.25) is 0 Å². The first-order chi connectivity index (χ1) is 9.54. The van der Waals surface area contributed by atoms with Crippen LogP contribution in [0, 0.1) is 0 Å². The van der Waals surface area contributed by atoms with Gasteiger partial charge in [0.25, 0.3) is 5.56 Å². The molecule has 0 fully saturated rings. The summed E-state index contributed by atoms with van der Waals surface area (Å²) in [5.41, 5.74) is 1.71. The maximum Gasteiger partial charge on any atom is 0.303 e. The van der Waals surface area contributed by atoms with E-state index in [0.717, 1.165) is 5.56 Å². The largest absolute Gasteiger partial charge is 0.458 e. The number of carbonyl (C=O) groups excluding carboxylic acids is 2. The van der Waals surface area contributed by atoms with Gasteiger partial charge in [-0.25, -0.2) is 4.98 Å². The van der Waals surface area contributed by atoms with Crippen LogP contribution in [0.5, 0.6) is 0 Å². The van der Waals surface area contributed by atoms with E-state index < -0.39 is 5.97 Å². The second kappa shape index (κ2) is 4.56. The number of aromatic amines is 1. The molecule has 0 spiro atoms. The van der Waals surface area contributed by atoms with E-state index in [1.54, 1.807) is 12.1 Å². The van der Waals surface area contributed by atoms with Crippen molar-refractivity contribution in [3.8, 4) is 0 Å². The minimum Gasteiger partial charge on any atom is -0.458 e. The molecule has 0 aliphatic heterocycles. The molecule has 1 aromatic heterocycles. The molecule has 1 aromatic carbocycles. The number of ketones is 1. The third kappa shape index (κ3) is 2.09. The number of hydrogen-bond acceptors (Lipinski definition) is 5. The molecule has 1 heterocycles. The van der Waals surface area contributed by atoms with Crippen molar-refractivity contribution in [1.29, 1.82) is 0 Å².